The van der Waals surface area contributed by atoms with Gasteiger partial charge in [0.1, 0.15) is 0 Å². The zero-order valence-electron chi connectivity index (χ0n) is 17.1. The summed E-state index contributed by atoms with van der Waals surface area (Å²) in [5, 5.41) is 2.70. The van der Waals surface area contributed by atoms with E-state index in [2.05, 4.69) is 10.2 Å². The largest absolute Gasteiger partial charge is 0.454 e. The Morgan fingerprint density at radius 3 is 2.43 bits per heavy atom. The van der Waals surface area contributed by atoms with Crippen molar-refractivity contribution >= 4 is 17.7 Å². The molecule has 1 aromatic rings. The maximum Gasteiger partial charge on any atom is 0.239 e. The summed E-state index contributed by atoms with van der Waals surface area (Å²) in [7, 11) is 0. The molecule has 1 N–H and O–H groups in total. The highest BCUT2D eigenvalue weighted by Crippen LogP contribution is 2.32. The molecule has 9 heteroatoms. The number of carbonyl (C=O) groups excluding carboxylic acids is 3. The molecule has 0 spiro atoms. The summed E-state index contributed by atoms with van der Waals surface area (Å²) >= 11 is 0. The molecule has 2 fully saturated rings. The number of hydrogen-bond donors (Lipinski definition) is 1. The number of ether oxygens (including phenoxy) is 2. The summed E-state index contributed by atoms with van der Waals surface area (Å²) in [6.07, 6.45) is 1.20. The molecule has 0 aromatic heterocycles. The number of nitrogens with zero attached hydrogens (tertiary/aromatic N) is 3. The molecular weight excluding hydrogens is 388 g/mol. The Morgan fingerprint density at radius 1 is 0.933 bits per heavy atom. The SMILES string of the molecule is O=C1CN(C(=O)CCCC(=O)N2CCN(Cc3ccc4c(c3)OCO4)CC2)CCN1. The highest BCUT2D eigenvalue weighted by Gasteiger charge is 2.24. The van der Waals surface area contributed by atoms with Gasteiger partial charge in [0.2, 0.25) is 24.5 Å². The van der Waals surface area contributed by atoms with Gasteiger partial charge in [0.15, 0.2) is 11.5 Å². The lowest BCUT2D eigenvalue weighted by Crippen LogP contribution is -2.50. The molecule has 0 aliphatic carbocycles. The quantitative estimate of drug-likeness (QED) is 0.712. The van der Waals surface area contributed by atoms with Crippen LogP contribution in [0.5, 0.6) is 11.5 Å². The summed E-state index contributed by atoms with van der Waals surface area (Å²) in [6.45, 7) is 5.30. The third-order valence-corrected chi connectivity index (χ3v) is 5.74. The van der Waals surface area contributed by atoms with Crippen molar-refractivity contribution in [2.45, 2.75) is 25.8 Å². The Balaban J connectivity index is 1.15. The Labute approximate surface area is 175 Å². The molecule has 3 aliphatic heterocycles. The summed E-state index contributed by atoms with van der Waals surface area (Å²) in [6, 6.07) is 6.01. The number of hydrogen-bond acceptors (Lipinski definition) is 6. The van der Waals surface area contributed by atoms with Crippen LogP contribution >= 0.6 is 0 Å². The number of benzene rings is 1. The molecule has 0 atom stereocenters. The molecule has 0 radical (unpaired) electrons. The van der Waals surface area contributed by atoms with E-state index in [9.17, 15) is 14.4 Å². The topological polar surface area (TPSA) is 91.4 Å². The van der Waals surface area contributed by atoms with E-state index in [1.54, 1.807) is 4.90 Å². The van der Waals surface area contributed by atoms with E-state index in [-0.39, 0.29) is 31.1 Å². The Bertz CT molecular complexity index is 807. The molecule has 0 saturated carbocycles. The van der Waals surface area contributed by atoms with Crippen LogP contribution in [-0.4, -0.2) is 85.0 Å². The van der Waals surface area contributed by atoms with Crippen molar-refractivity contribution in [1.82, 2.24) is 20.0 Å². The molecule has 9 nitrogen and oxygen atoms in total. The predicted molar refractivity (Wildman–Crippen MR) is 108 cm³/mol. The zero-order chi connectivity index (χ0) is 20.9. The van der Waals surface area contributed by atoms with Gasteiger partial charge in [-0.1, -0.05) is 6.07 Å². The number of carbonyl (C=O) groups is 3. The van der Waals surface area contributed by atoms with Crippen molar-refractivity contribution < 1.29 is 23.9 Å². The standard InChI is InChI=1S/C21H28N4O5/c26-19-14-25(7-6-22-19)21(28)3-1-2-20(27)24-10-8-23(9-11-24)13-16-4-5-17-18(12-16)30-15-29-17/h4-5,12H,1-3,6-11,13-15H2,(H,22,26). The van der Waals surface area contributed by atoms with Gasteiger partial charge in [-0.05, 0) is 24.1 Å². The molecular formula is C21H28N4O5. The number of nitrogens with one attached hydrogen (secondary N) is 1. The van der Waals surface area contributed by atoms with E-state index >= 15 is 0 Å². The number of fused-ring (bicyclic) bond motifs is 1. The van der Waals surface area contributed by atoms with Crippen molar-refractivity contribution in [3.05, 3.63) is 23.8 Å². The zero-order valence-corrected chi connectivity index (χ0v) is 17.1. The Hall–Kier alpha value is -2.81. The summed E-state index contributed by atoms with van der Waals surface area (Å²) in [5.41, 5.74) is 1.17. The smallest absolute Gasteiger partial charge is 0.239 e. The first-order valence-corrected chi connectivity index (χ1v) is 10.5. The van der Waals surface area contributed by atoms with E-state index in [1.165, 1.54) is 5.56 Å². The van der Waals surface area contributed by atoms with Gasteiger partial charge >= 0.3 is 0 Å². The predicted octanol–water partition coefficient (Wildman–Crippen LogP) is 0.188. The van der Waals surface area contributed by atoms with Gasteiger partial charge in [-0.2, -0.15) is 0 Å². The van der Waals surface area contributed by atoms with Gasteiger partial charge in [-0.25, -0.2) is 0 Å². The molecule has 1 aromatic carbocycles. The number of piperazine rings is 2. The van der Waals surface area contributed by atoms with Crippen LogP contribution < -0.4 is 14.8 Å². The van der Waals surface area contributed by atoms with Gasteiger partial charge in [0.25, 0.3) is 0 Å². The van der Waals surface area contributed by atoms with Crippen LogP contribution in [0.15, 0.2) is 18.2 Å². The van der Waals surface area contributed by atoms with Crippen LogP contribution in [-0.2, 0) is 20.9 Å². The number of rotatable bonds is 6. The van der Waals surface area contributed by atoms with Crippen LogP contribution in [0, 0.1) is 0 Å². The highest BCUT2D eigenvalue weighted by molar-refractivity contribution is 5.86. The summed E-state index contributed by atoms with van der Waals surface area (Å²) in [4.78, 5) is 41.8. The maximum absolute atomic E-state index is 12.5. The second-order valence-corrected chi connectivity index (χ2v) is 7.86. The fraction of sp³-hybridized carbons (Fsp3) is 0.571. The highest BCUT2D eigenvalue weighted by atomic mass is 16.7. The van der Waals surface area contributed by atoms with Crippen LogP contribution in [0.3, 0.4) is 0 Å². The molecule has 3 amide bonds. The summed E-state index contributed by atoms with van der Waals surface area (Å²) < 4.78 is 10.8. The third-order valence-electron chi connectivity index (χ3n) is 5.74. The minimum Gasteiger partial charge on any atom is -0.454 e. The van der Waals surface area contributed by atoms with Crippen molar-refractivity contribution in [1.29, 1.82) is 0 Å². The first-order chi connectivity index (χ1) is 14.6. The molecule has 4 rings (SSSR count). The summed E-state index contributed by atoms with van der Waals surface area (Å²) in [5.74, 6) is 1.51. The fourth-order valence-electron chi connectivity index (χ4n) is 4.01. The minimum atomic E-state index is -0.121. The first-order valence-electron chi connectivity index (χ1n) is 10.5. The number of amides is 3. The average molecular weight is 416 g/mol. The van der Waals surface area contributed by atoms with Crippen molar-refractivity contribution in [3.8, 4) is 11.5 Å². The van der Waals surface area contributed by atoms with Crippen molar-refractivity contribution in [2.75, 3.05) is 52.6 Å². The molecule has 0 unspecified atom stereocenters. The van der Waals surface area contributed by atoms with Gasteiger partial charge in [-0.15, -0.1) is 0 Å². The molecule has 3 heterocycles. The van der Waals surface area contributed by atoms with Crippen molar-refractivity contribution in [2.24, 2.45) is 0 Å². The van der Waals surface area contributed by atoms with Gasteiger partial charge in [0, 0.05) is 58.7 Å². The van der Waals surface area contributed by atoms with E-state index in [4.69, 9.17) is 9.47 Å². The molecule has 0 bridgehead atoms. The minimum absolute atomic E-state index is 0.0498. The van der Waals surface area contributed by atoms with Gasteiger partial charge in [0.05, 0.1) is 6.54 Å². The van der Waals surface area contributed by atoms with Crippen LogP contribution in [0.25, 0.3) is 0 Å². The van der Waals surface area contributed by atoms with E-state index < -0.39 is 0 Å². The normalized spacial score (nSPS) is 19.0. The van der Waals surface area contributed by atoms with Gasteiger partial charge < -0.3 is 24.6 Å². The van der Waals surface area contributed by atoms with Crippen LogP contribution in [0.2, 0.25) is 0 Å². The van der Waals surface area contributed by atoms with Crippen LogP contribution in [0.1, 0.15) is 24.8 Å². The lowest BCUT2D eigenvalue weighted by molar-refractivity contribution is -0.138. The van der Waals surface area contributed by atoms with E-state index in [0.717, 1.165) is 31.1 Å². The molecule has 3 aliphatic rings. The fourth-order valence-corrected chi connectivity index (χ4v) is 4.01. The lowest BCUT2D eigenvalue weighted by Gasteiger charge is -2.35. The molecule has 30 heavy (non-hydrogen) atoms. The molecule has 2 saturated heterocycles. The second-order valence-electron chi connectivity index (χ2n) is 7.86. The van der Waals surface area contributed by atoms with Crippen molar-refractivity contribution in [3.63, 3.8) is 0 Å². The average Bonchev–Trinajstić information content (AvgIpc) is 3.22. The Kier molecular flexibility index (Phi) is 6.37. The lowest BCUT2D eigenvalue weighted by atomic mass is 10.1. The Morgan fingerprint density at radius 2 is 1.67 bits per heavy atom. The third kappa shape index (κ3) is 5.02. The first kappa shape index (κ1) is 20.5. The monoisotopic (exact) mass is 416 g/mol. The van der Waals surface area contributed by atoms with E-state index in [0.29, 0.717) is 45.4 Å². The second kappa shape index (κ2) is 9.34. The van der Waals surface area contributed by atoms with Crippen LogP contribution in [0.4, 0.5) is 0 Å². The maximum atomic E-state index is 12.5. The molecule has 162 valence electrons. The van der Waals surface area contributed by atoms with Gasteiger partial charge in [-0.3, -0.25) is 19.3 Å². The van der Waals surface area contributed by atoms with E-state index in [1.807, 2.05) is 23.1 Å².